The molecule has 1 aromatic carbocycles. The molecule has 1 aromatic rings. The zero-order chi connectivity index (χ0) is 14.1. The zero-order valence-electron chi connectivity index (χ0n) is 11.2. The lowest BCUT2D eigenvalue weighted by molar-refractivity contribution is -0.122. The fraction of sp³-hybridized carbons (Fsp3) is 0.462. The Kier molecular flexibility index (Phi) is 7.47. The number of methoxy groups -OCH3 is 1. The van der Waals surface area contributed by atoms with Crippen molar-refractivity contribution in [1.29, 1.82) is 0 Å². The van der Waals surface area contributed by atoms with Crippen LogP contribution in [0.5, 0.6) is 5.75 Å². The molecule has 106 valence electrons. The third-order valence-corrected chi connectivity index (χ3v) is 3.24. The molecule has 0 spiro atoms. The van der Waals surface area contributed by atoms with Gasteiger partial charge in [-0.25, -0.2) is 0 Å². The number of amides is 1. The third kappa shape index (κ3) is 6.04. The molecule has 0 aliphatic heterocycles. The number of carbonyl (C=O) groups excluding carboxylic acids is 1. The summed E-state index contributed by atoms with van der Waals surface area (Å²) in [5.74, 6) is 0.526. The Hall–Kier alpha value is -1.11. The molecule has 0 aromatic heterocycles. The van der Waals surface area contributed by atoms with Crippen LogP contribution in [-0.2, 0) is 16.1 Å². The van der Waals surface area contributed by atoms with Gasteiger partial charge in [-0.3, -0.25) is 4.79 Å². The van der Waals surface area contributed by atoms with Gasteiger partial charge in [0.2, 0.25) is 0 Å². The van der Waals surface area contributed by atoms with E-state index in [-0.39, 0.29) is 12.5 Å². The lowest BCUT2D eigenvalue weighted by Crippen LogP contribution is -2.24. The van der Waals surface area contributed by atoms with E-state index in [0.29, 0.717) is 18.9 Å². The van der Waals surface area contributed by atoms with E-state index in [0.717, 1.165) is 16.6 Å². The van der Waals surface area contributed by atoms with Crippen LogP contribution in [0.3, 0.4) is 0 Å². The van der Waals surface area contributed by atoms with Crippen LogP contribution in [-0.4, -0.2) is 39.8 Å². The Bertz CT molecular complexity index is 413. The zero-order valence-corrected chi connectivity index (χ0v) is 12.7. The summed E-state index contributed by atoms with van der Waals surface area (Å²) in [6.45, 7) is 2.19. The van der Waals surface area contributed by atoms with Crippen LogP contribution in [0.15, 0.2) is 22.7 Å². The van der Waals surface area contributed by atoms with E-state index in [1.165, 1.54) is 0 Å². The maximum atomic E-state index is 11.1. The molecule has 5 nitrogen and oxygen atoms in total. The van der Waals surface area contributed by atoms with Crippen LogP contribution in [0.2, 0.25) is 0 Å². The Morgan fingerprint density at radius 1 is 1.42 bits per heavy atom. The van der Waals surface area contributed by atoms with Crippen LogP contribution in [0, 0.1) is 0 Å². The summed E-state index contributed by atoms with van der Waals surface area (Å²) < 4.78 is 11.4. The summed E-state index contributed by atoms with van der Waals surface area (Å²) >= 11 is 3.49. The van der Waals surface area contributed by atoms with Gasteiger partial charge in [-0.2, -0.15) is 0 Å². The molecule has 0 fully saturated rings. The first-order valence-corrected chi connectivity index (χ1v) is 6.78. The average molecular weight is 331 g/mol. The molecule has 0 saturated carbocycles. The molecule has 1 rings (SSSR count). The van der Waals surface area contributed by atoms with Gasteiger partial charge in [0.15, 0.2) is 6.61 Å². The number of hydrogen-bond donors (Lipinski definition) is 2. The number of nitrogens with one attached hydrogen (secondary N) is 2. The van der Waals surface area contributed by atoms with Crippen LogP contribution < -0.4 is 15.4 Å². The van der Waals surface area contributed by atoms with Gasteiger partial charge in [0.05, 0.1) is 6.61 Å². The van der Waals surface area contributed by atoms with Crippen LogP contribution in [0.25, 0.3) is 0 Å². The van der Waals surface area contributed by atoms with Crippen LogP contribution in [0.4, 0.5) is 0 Å². The number of likely N-dealkylation sites (N-methyl/N-ethyl adjacent to an activating group) is 1. The first-order valence-electron chi connectivity index (χ1n) is 5.99. The van der Waals surface area contributed by atoms with E-state index in [1.807, 2.05) is 18.2 Å². The fourth-order valence-electron chi connectivity index (χ4n) is 1.39. The highest BCUT2D eigenvalue weighted by Crippen LogP contribution is 2.22. The van der Waals surface area contributed by atoms with Crippen molar-refractivity contribution >= 4 is 21.8 Å². The van der Waals surface area contributed by atoms with E-state index in [4.69, 9.17) is 9.47 Å². The molecule has 0 bridgehead atoms. The number of halogens is 1. The quantitative estimate of drug-likeness (QED) is 0.705. The maximum Gasteiger partial charge on any atom is 0.257 e. The van der Waals surface area contributed by atoms with Gasteiger partial charge in [-0.15, -0.1) is 0 Å². The van der Waals surface area contributed by atoms with Crippen molar-refractivity contribution in [2.45, 2.75) is 6.54 Å². The molecule has 0 radical (unpaired) electrons. The predicted octanol–water partition coefficient (Wildman–Crippen LogP) is 1.31. The third-order valence-electron chi connectivity index (χ3n) is 2.46. The fourth-order valence-corrected chi connectivity index (χ4v) is 1.78. The van der Waals surface area contributed by atoms with Gasteiger partial charge >= 0.3 is 0 Å². The molecule has 2 N–H and O–H groups in total. The minimum absolute atomic E-state index is 0.0225. The van der Waals surface area contributed by atoms with Crippen molar-refractivity contribution in [2.75, 3.05) is 33.9 Å². The summed E-state index contributed by atoms with van der Waals surface area (Å²) in [4.78, 5) is 11.1. The summed E-state index contributed by atoms with van der Waals surface area (Å²) in [5, 5.41) is 5.77. The highest BCUT2D eigenvalue weighted by atomic mass is 79.9. The van der Waals surface area contributed by atoms with E-state index in [1.54, 1.807) is 14.2 Å². The molecular weight excluding hydrogens is 312 g/mol. The molecular formula is C13H19BrN2O3. The SMILES string of the molecule is CNC(=O)COc1ccc(Br)c(CNCCOC)c1. The molecule has 19 heavy (non-hydrogen) atoms. The summed E-state index contributed by atoms with van der Waals surface area (Å²) in [6.07, 6.45) is 0. The van der Waals surface area contributed by atoms with Crippen LogP contribution >= 0.6 is 15.9 Å². The van der Waals surface area contributed by atoms with Crippen molar-refractivity contribution in [2.24, 2.45) is 0 Å². The van der Waals surface area contributed by atoms with Crippen molar-refractivity contribution in [3.63, 3.8) is 0 Å². The van der Waals surface area contributed by atoms with Gasteiger partial charge < -0.3 is 20.1 Å². The van der Waals surface area contributed by atoms with E-state index >= 15 is 0 Å². The second-order valence-electron chi connectivity index (χ2n) is 3.88. The summed E-state index contributed by atoms with van der Waals surface area (Å²) in [5.41, 5.74) is 1.07. The molecule has 0 unspecified atom stereocenters. The summed E-state index contributed by atoms with van der Waals surface area (Å²) in [7, 11) is 3.25. The van der Waals surface area contributed by atoms with Crippen molar-refractivity contribution < 1.29 is 14.3 Å². The predicted molar refractivity (Wildman–Crippen MR) is 77.3 cm³/mol. The lowest BCUT2D eigenvalue weighted by Gasteiger charge is -2.10. The maximum absolute atomic E-state index is 11.1. The van der Waals surface area contributed by atoms with E-state index in [9.17, 15) is 4.79 Å². The summed E-state index contributed by atoms with van der Waals surface area (Å²) in [6, 6.07) is 5.64. The molecule has 0 atom stereocenters. The highest BCUT2D eigenvalue weighted by Gasteiger charge is 2.04. The Labute approximate surface area is 121 Å². The lowest BCUT2D eigenvalue weighted by atomic mass is 10.2. The average Bonchev–Trinajstić information content (AvgIpc) is 2.43. The van der Waals surface area contributed by atoms with Crippen molar-refractivity contribution in [3.8, 4) is 5.75 Å². The number of ether oxygens (including phenoxy) is 2. The van der Waals surface area contributed by atoms with E-state index in [2.05, 4.69) is 26.6 Å². The minimum Gasteiger partial charge on any atom is -0.484 e. The van der Waals surface area contributed by atoms with Gasteiger partial charge in [0.1, 0.15) is 5.75 Å². The van der Waals surface area contributed by atoms with E-state index < -0.39 is 0 Å². The monoisotopic (exact) mass is 330 g/mol. The Morgan fingerprint density at radius 3 is 2.89 bits per heavy atom. The second kappa shape index (κ2) is 8.90. The molecule has 0 heterocycles. The largest absolute Gasteiger partial charge is 0.484 e. The van der Waals surface area contributed by atoms with Gasteiger partial charge in [0, 0.05) is 31.7 Å². The Balaban J connectivity index is 2.53. The molecule has 0 aliphatic carbocycles. The minimum atomic E-state index is -0.150. The number of hydrogen-bond acceptors (Lipinski definition) is 4. The van der Waals surface area contributed by atoms with Crippen molar-refractivity contribution in [1.82, 2.24) is 10.6 Å². The molecule has 6 heteroatoms. The number of rotatable bonds is 8. The number of benzene rings is 1. The van der Waals surface area contributed by atoms with Crippen LogP contribution in [0.1, 0.15) is 5.56 Å². The normalized spacial score (nSPS) is 10.3. The van der Waals surface area contributed by atoms with Gasteiger partial charge in [0.25, 0.3) is 5.91 Å². The first kappa shape index (κ1) is 15.9. The molecule has 1 amide bonds. The number of carbonyl (C=O) groups is 1. The van der Waals surface area contributed by atoms with Gasteiger partial charge in [-0.05, 0) is 23.8 Å². The topological polar surface area (TPSA) is 59.6 Å². The standard InChI is InChI=1S/C13H19BrN2O3/c1-15-13(17)9-19-11-3-4-12(14)10(7-11)8-16-5-6-18-2/h3-4,7,16H,5-6,8-9H2,1-2H3,(H,15,17). The van der Waals surface area contributed by atoms with Crippen molar-refractivity contribution in [3.05, 3.63) is 28.2 Å². The van der Waals surface area contributed by atoms with Gasteiger partial charge in [-0.1, -0.05) is 15.9 Å². The second-order valence-corrected chi connectivity index (χ2v) is 4.74. The smallest absolute Gasteiger partial charge is 0.257 e. The highest BCUT2D eigenvalue weighted by molar-refractivity contribution is 9.10. The molecule has 0 saturated heterocycles. The molecule has 0 aliphatic rings. The first-order chi connectivity index (χ1) is 9.17. The Morgan fingerprint density at radius 2 is 2.21 bits per heavy atom.